The first kappa shape index (κ1) is 14.9. The van der Waals surface area contributed by atoms with Gasteiger partial charge in [0.25, 0.3) is 0 Å². The lowest BCUT2D eigenvalue weighted by Crippen LogP contribution is -2.48. The summed E-state index contributed by atoms with van der Waals surface area (Å²) < 4.78 is 4.85. The van der Waals surface area contributed by atoms with Crippen molar-refractivity contribution in [3.63, 3.8) is 0 Å². The number of hydrogen-bond donors (Lipinski definition) is 1. The van der Waals surface area contributed by atoms with Crippen molar-refractivity contribution in [3.05, 3.63) is 29.8 Å². The molecule has 0 saturated heterocycles. The molecule has 0 spiro atoms. The number of hydrogen-bond acceptors (Lipinski definition) is 4. The molecule has 1 aromatic rings. The third-order valence-electron chi connectivity index (χ3n) is 4.32. The van der Waals surface area contributed by atoms with Crippen LogP contribution in [0.15, 0.2) is 24.3 Å². The van der Waals surface area contributed by atoms with Crippen molar-refractivity contribution < 1.29 is 9.53 Å². The van der Waals surface area contributed by atoms with Gasteiger partial charge in [0.1, 0.15) is 5.54 Å². The molecule has 0 heterocycles. The van der Waals surface area contributed by atoms with Crippen LogP contribution in [0, 0.1) is 6.92 Å². The van der Waals surface area contributed by atoms with Crippen LogP contribution >= 0.6 is 0 Å². The predicted molar refractivity (Wildman–Crippen MR) is 80.8 cm³/mol. The highest BCUT2D eigenvalue weighted by Gasteiger charge is 2.44. The Balaban J connectivity index is 2.19. The maximum absolute atomic E-state index is 11.8. The Bertz CT molecular complexity index is 489. The van der Waals surface area contributed by atoms with Gasteiger partial charge in [0, 0.05) is 18.3 Å². The van der Waals surface area contributed by atoms with E-state index in [1.165, 1.54) is 18.4 Å². The molecule has 4 heteroatoms. The molecule has 1 saturated carbocycles. The summed E-state index contributed by atoms with van der Waals surface area (Å²) in [6.07, 6.45) is 2.27. The molecule has 2 N–H and O–H groups in total. The lowest BCUT2D eigenvalue weighted by Gasteiger charge is -2.32. The van der Waals surface area contributed by atoms with E-state index in [-0.39, 0.29) is 5.97 Å². The summed E-state index contributed by atoms with van der Waals surface area (Å²) in [6, 6.07) is 8.64. The molecule has 4 nitrogen and oxygen atoms in total. The number of nitrogens with zero attached hydrogens (tertiary/aromatic N) is 1. The first-order valence-electron chi connectivity index (χ1n) is 7.21. The molecular weight excluding hydrogens is 252 g/mol. The van der Waals surface area contributed by atoms with Gasteiger partial charge < -0.3 is 15.4 Å². The average Bonchev–Trinajstić information content (AvgIpc) is 2.84. The Hall–Kier alpha value is -1.55. The summed E-state index contributed by atoms with van der Waals surface area (Å²) in [4.78, 5) is 14.2. The maximum Gasteiger partial charge on any atom is 0.325 e. The lowest BCUT2D eigenvalue weighted by atomic mass is 9.99. The van der Waals surface area contributed by atoms with E-state index in [1.54, 1.807) is 0 Å². The van der Waals surface area contributed by atoms with Crippen LogP contribution in [0.4, 0.5) is 5.69 Å². The van der Waals surface area contributed by atoms with Crippen LogP contribution in [0.2, 0.25) is 0 Å². The van der Waals surface area contributed by atoms with Crippen LogP contribution in [-0.4, -0.2) is 31.2 Å². The fourth-order valence-electron chi connectivity index (χ4n) is 3.21. The molecule has 1 fully saturated rings. The van der Waals surface area contributed by atoms with Gasteiger partial charge in [-0.1, -0.05) is 18.2 Å². The second-order valence-electron chi connectivity index (χ2n) is 5.62. The zero-order valence-electron chi connectivity index (χ0n) is 12.6. The molecule has 2 atom stereocenters. The van der Waals surface area contributed by atoms with Crippen molar-refractivity contribution in [2.45, 2.75) is 44.7 Å². The lowest BCUT2D eigenvalue weighted by molar-refractivity contribution is -0.146. The largest absolute Gasteiger partial charge is 0.468 e. The number of benzene rings is 1. The van der Waals surface area contributed by atoms with Gasteiger partial charge >= 0.3 is 5.97 Å². The molecule has 2 unspecified atom stereocenters. The molecule has 0 aromatic heterocycles. The quantitative estimate of drug-likeness (QED) is 0.857. The highest BCUT2D eigenvalue weighted by Crippen LogP contribution is 2.35. The molecule has 0 bridgehead atoms. The summed E-state index contributed by atoms with van der Waals surface area (Å²) in [5.41, 5.74) is 7.87. The van der Waals surface area contributed by atoms with Crippen LogP contribution < -0.4 is 10.6 Å². The first-order chi connectivity index (χ1) is 9.51. The zero-order chi connectivity index (χ0) is 14.8. The van der Waals surface area contributed by atoms with Crippen molar-refractivity contribution in [2.75, 3.05) is 18.6 Å². The van der Waals surface area contributed by atoms with E-state index >= 15 is 0 Å². The summed E-state index contributed by atoms with van der Waals surface area (Å²) in [7, 11) is 1.41. The van der Waals surface area contributed by atoms with E-state index in [0.29, 0.717) is 18.9 Å². The topological polar surface area (TPSA) is 55.6 Å². The Kier molecular flexibility index (Phi) is 4.33. The van der Waals surface area contributed by atoms with Crippen molar-refractivity contribution in [1.29, 1.82) is 0 Å². The number of ether oxygens (including phenoxy) is 1. The van der Waals surface area contributed by atoms with Gasteiger partial charge in [-0.2, -0.15) is 0 Å². The fourth-order valence-corrected chi connectivity index (χ4v) is 3.21. The van der Waals surface area contributed by atoms with E-state index in [4.69, 9.17) is 10.5 Å². The molecule has 1 aliphatic carbocycles. The van der Waals surface area contributed by atoms with Crippen LogP contribution in [0.1, 0.15) is 31.7 Å². The minimum absolute atomic E-state index is 0.291. The van der Waals surface area contributed by atoms with E-state index < -0.39 is 5.54 Å². The molecule has 20 heavy (non-hydrogen) atoms. The molecule has 0 amide bonds. The third-order valence-corrected chi connectivity index (χ3v) is 4.32. The number of esters is 1. The van der Waals surface area contributed by atoms with Gasteiger partial charge in [0.05, 0.1) is 7.11 Å². The monoisotopic (exact) mass is 276 g/mol. The summed E-state index contributed by atoms with van der Waals surface area (Å²) >= 11 is 0. The Morgan fingerprint density at radius 2 is 2.20 bits per heavy atom. The minimum Gasteiger partial charge on any atom is -0.468 e. The standard InChI is InChI=1S/C16H24N2O2/c1-4-18(14-8-6-5-7-12(14)2)13-9-10-16(17,11-13)15(19)20-3/h5-8,13H,4,9-11,17H2,1-3H3. The highest BCUT2D eigenvalue weighted by atomic mass is 16.5. The van der Waals surface area contributed by atoms with Crippen LogP contribution in [0.25, 0.3) is 0 Å². The number of rotatable bonds is 4. The number of carbonyl (C=O) groups excluding carboxylic acids is 1. The number of aryl methyl sites for hydroxylation is 1. The number of anilines is 1. The molecule has 110 valence electrons. The third kappa shape index (κ3) is 2.66. The molecule has 1 aromatic carbocycles. The van der Waals surface area contributed by atoms with E-state index in [9.17, 15) is 4.79 Å². The minimum atomic E-state index is -0.824. The second-order valence-corrected chi connectivity index (χ2v) is 5.62. The van der Waals surface area contributed by atoms with Crippen LogP contribution in [-0.2, 0) is 9.53 Å². The van der Waals surface area contributed by atoms with Crippen molar-refractivity contribution in [1.82, 2.24) is 0 Å². The fraction of sp³-hybridized carbons (Fsp3) is 0.562. The normalized spacial score (nSPS) is 25.5. The summed E-state index contributed by atoms with van der Waals surface area (Å²) in [5, 5.41) is 0. The van der Waals surface area contributed by atoms with Gasteiger partial charge in [0.15, 0.2) is 0 Å². The summed E-state index contributed by atoms with van der Waals surface area (Å²) in [6.45, 7) is 5.16. The van der Waals surface area contributed by atoms with E-state index in [0.717, 1.165) is 13.0 Å². The second kappa shape index (κ2) is 5.83. The number of methoxy groups -OCH3 is 1. The first-order valence-corrected chi connectivity index (χ1v) is 7.21. The van der Waals surface area contributed by atoms with Gasteiger partial charge in [-0.05, 0) is 44.7 Å². The maximum atomic E-state index is 11.8. The number of nitrogens with two attached hydrogens (primary N) is 1. The van der Waals surface area contributed by atoms with Crippen LogP contribution in [0.5, 0.6) is 0 Å². The van der Waals surface area contributed by atoms with Crippen molar-refractivity contribution in [3.8, 4) is 0 Å². The zero-order valence-corrected chi connectivity index (χ0v) is 12.6. The molecule has 2 rings (SSSR count). The van der Waals surface area contributed by atoms with Crippen molar-refractivity contribution >= 4 is 11.7 Å². The van der Waals surface area contributed by atoms with Crippen LogP contribution in [0.3, 0.4) is 0 Å². The van der Waals surface area contributed by atoms with Gasteiger partial charge in [-0.15, -0.1) is 0 Å². The van der Waals surface area contributed by atoms with Crippen molar-refractivity contribution in [2.24, 2.45) is 5.73 Å². The van der Waals surface area contributed by atoms with Gasteiger partial charge in [-0.25, -0.2) is 0 Å². The number of para-hydroxylation sites is 1. The Morgan fingerprint density at radius 1 is 1.50 bits per heavy atom. The van der Waals surface area contributed by atoms with E-state index in [2.05, 4.69) is 36.9 Å². The van der Waals surface area contributed by atoms with Gasteiger partial charge in [0.2, 0.25) is 0 Å². The predicted octanol–water partition coefficient (Wildman–Crippen LogP) is 2.24. The molecule has 0 radical (unpaired) electrons. The van der Waals surface area contributed by atoms with E-state index in [1.807, 2.05) is 6.07 Å². The SMILES string of the molecule is CCN(c1ccccc1C)C1CCC(N)(C(=O)OC)C1. The highest BCUT2D eigenvalue weighted by molar-refractivity contribution is 5.81. The Morgan fingerprint density at radius 3 is 2.80 bits per heavy atom. The molecule has 0 aliphatic heterocycles. The van der Waals surface area contributed by atoms with Gasteiger partial charge in [-0.3, -0.25) is 4.79 Å². The molecular formula is C16H24N2O2. The Labute approximate surface area is 120 Å². The summed E-state index contributed by atoms with van der Waals surface area (Å²) in [5.74, 6) is -0.291. The molecule has 1 aliphatic rings. The smallest absolute Gasteiger partial charge is 0.325 e. The number of carbonyl (C=O) groups is 1. The average molecular weight is 276 g/mol.